The Bertz CT molecular complexity index is 1040. The van der Waals surface area contributed by atoms with Crippen LogP contribution in [0, 0.1) is 5.92 Å². The van der Waals surface area contributed by atoms with Gasteiger partial charge in [-0.25, -0.2) is 4.79 Å². The lowest BCUT2D eigenvalue weighted by Crippen LogP contribution is -2.37. The van der Waals surface area contributed by atoms with Crippen LogP contribution in [0.5, 0.6) is 0 Å². The molecule has 14 heteroatoms. The van der Waals surface area contributed by atoms with Crippen LogP contribution in [-0.2, 0) is 14.4 Å². The van der Waals surface area contributed by atoms with Gasteiger partial charge in [0, 0.05) is 11.8 Å². The van der Waals surface area contributed by atoms with Gasteiger partial charge in [0.1, 0.15) is 16.8 Å². The molecule has 2 unspecified atom stereocenters. The van der Waals surface area contributed by atoms with E-state index in [4.69, 9.17) is 25.8 Å². The number of hydrogen-bond acceptors (Lipinski definition) is 11. The van der Waals surface area contributed by atoms with Gasteiger partial charge in [0.25, 0.3) is 5.56 Å². The molecule has 1 aliphatic heterocycles. The maximum absolute atomic E-state index is 12.5. The second-order valence-corrected chi connectivity index (χ2v) is 8.34. The minimum Gasteiger partial charge on any atom is -0.480 e. The fraction of sp³-hybridized carbons (Fsp3) is 0.389. The number of hydrogen-bond donors (Lipinski definition) is 6. The van der Waals surface area contributed by atoms with Crippen LogP contribution >= 0.6 is 11.8 Å². The summed E-state index contributed by atoms with van der Waals surface area (Å²) in [5.74, 6) is -3.43. The number of anilines is 2. The summed E-state index contributed by atoms with van der Waals surface area (Å²) in [6.45, 7) is 0.454. The summed E-state index contributed by atoms with van der Waals surface area (Å²) in [5, 5.41) is 12.0. The van der Waals surface area contributed by atoms with Crippen molar-refractivity contribution in [3.05, 3.63) is 34.5 Å². The monoisotopic (exact) mass is 466 g/mol. The van der Waals surface area contributed by atoms with Gasteiger partial charge in [-0.05, 0) is 31.4 Å². The van der Waals surface area contributed by atoms with E-state index in [0.717, 1.165) is 0 Å². The number of thioether (sulfide) groups is 1. The number of fused-ring (bicyclic) bond motifs is 1. The lowest BCUT2D eigenvalue weighted by molar-refractivity contribution is -0.155. The lowest BCUT2D eigenvalue weighted by atomic mass is 9.94. The van der Waals surface area contributed by atoms with Crippen molar-refractivity contribution in [3.63, 3.8) is 0 Å². The molecule has 3 rings (SSSR count). The number of aliphatic carboxylic acids is 1. The number of aromatic nitrogens is 2. The molecule has 3 atom stereocenters. The van der Waals surface area contributed by atoms with Gasteiger partial charge in [-0.15, -0.1) is 11.8 Å². The largest absolute Gasteiger partial charge is 0.480 e. The number of nitrogens with one attached hydrogen (secondary N) is 3. The molecule has 2 aromatic rings. The van der Waals surface area contributed by atoms with E-state index < -0.39 is 29.8 Å². The minimum absolute atomic E-state index is 0.00219. The van der Waals surface area contributed by atoms with Crippen molar-refractivity contribution in [2.24, 2.45) is 11.7 Å². The third kappa shape index (κ3) is 5.79. The maximum Gasteiger partial charge on any atom is 0.335 e. The van der Waals surface area contributed by atoms with Crippen molar-refractivity contribution in [2.75, 3.05) is 17.6 Å². The van der Waals surface area contributed by atoms with Crippen molar-refractivity contribution >= 4 is 41.4 Å². The summed E-state index contributed by atoms with van der Waals surface area (Å²) in [6.07, 6.45) is 1.74. The smallest absolute Gasteiger partial charge is 0.335 e. The van der Waals surface area contributed by atoms with Crippen LogP contribution in [0.2, 0.25) is 0 Å². The molecular formula is C18H22N6O7S. The Morgan fingerprint density at radius 2 is 2.22 bits per heavy atom. The van der Waals surface area contributed by atoms with E-state index in [1.54, 1.807) is 0 Å². The molecule has 0 aromatic carbocycles. The molecule has 1 amide bonds. The van der Waals surface area contributed by atoms with Crippen LogP contribution in [-0.4, -0.2) is 50.8 Å². The number of carboxylic acids is 1. The maximum atomic E-state index is 12.5. The first kappa shape index (κ1) is 23.1. The van der Waals surface area contributed by atoms with Crippen LogP contribution < -0.4 is 27.8 Å². The van der Waals surface area contributed by atoms with E-state index in [0.29, 0.717) is 23.7 Å². The molecule has 3 heterocycles. The molecule has 32 heavy (non-hydrogen) atoms. The van der Waals surface area contributed by atoms with Gasteiger partial charge in [0.2, 0.25) is 5.95 Å². The summed E-state index contributed by atoms with van der Waals surface area (Å²) >= 11 is 1.28. The summed E-state index contributed by atoms with van der Waals surface area (Å²) < 4.78 is 4.90. The molecule has 0 spiro atoms. The number of aromatic amines is 1. The van der Waals surface area contributed by atoms with Gasteiger partial charge in [0.05, 0.1) is 12.2 Å². The Morgan fingerprint density at radius 1 is 1.44 bits per heavy atom. The number of carbonyl (C=O) groups excluding carboxylic acids is 2. The van der Waals surface area contributed by atoms with Gasteiger partial charge in [-0.2, -0.15) is 10.5 Å². The fourth-order valence-corrected chi connectivity index (χ4v) is 4.19. The number of nitrogens with zero attached hydrogens (tertiary/aromatic N) is 1. The third-order valence-corrected chi connectivity index (χ3v) is 6.04. The van der Waals surface area contributed by atoms with Gasteiger partial charge >= 0.3 is 17.8 Å². The van der Waals surface area contributed by atoms with Gasteiger partial charge < -0.3 is 31.1 Å². The normalized spacial score (nSPS) is 16.8. The number of furan rings is 1. The lowest BCUT2D eigenvalue weighted by Gasteiger charge is -2.25. The molecule has 2 aromatic heterocycles. The number of amides is 1. The second-order valence-electron chi connectivity index (χ2n) is 7.03. The molecule has 0 saturated carbocycles. The molecule has 13 nitrogen and oxygen atoms in total. The molecule has 0 radical (unpaired) electrons. The van der Waals surface area contributed by atoms with E-state index in [-0.39, 0.29) is 35.4 Å². The summed E-state index contributed by atoms with van der Waals surface area (Å²) in [5.41, 5.74) is 12.7. The van der Waals surface area contributed by atoms with Crippen LogP contribution in [0.1, 0.15) is 29.8 Å². The number of hydroxylamine groups is 1. The van der Waals surface area contributed by atoms with Gasteiger partial charge in [-0.3, -0.25) is 19.4 Å². The predicted molar refractivity (Wildman–Crippen MR) is 113 cm³/mol. The average molecular weight is 466 g/mol. The number of carboxylic acid groups (broad SMARTS) is 1. The van der Waals surface area contributed by atoms with Crippen molar-refractivity contribution in [3.8, 4) is 0 Å². The molecule has 0 fully saturated rings. The average Bonchev–Trinajstić information content (AvgIpc) is 3.29. The number of rotatable bonds is 8. The Kier molecular flexibility index (Phi) is 7.37. The molecule has 0 aliphatic carbocycles. The second kappa shape index (κ2) is 10.2. The number of carbonyl (C=O) groups is 3. The van der Waals surface area contributed by atoms with Crippen molar-refractivity contribution in [1.82, 2.24) is 15.4 Å². The summed E-state index contributed by atoms with van der Waals surface area (Å²) in [6, 6.07) is 1.59. The summed E-state index contributed by atoms with van der Waals surface area (Å²) in [4.78, 5) is 59.4. The summed E-state index contributed by atoms with van der Waals surface area (Å²) in [7, 11) is 0. The predicted octanol–water partition coefficient (Wildman–Crippen LogP) is -0.0821. The zero-order chi connectivity index (χ0) is 23.3. The van der Waals surface area contributed by atoms with E-state index in [1.165, 1.54) is 30.2 Å². The first-order valence-electron chi connectivity index (χ1n) is 9.57. The van der Waals surface area contributed by atoms with Crippen molar-refractivity contribution in [2.45, 2.75) is 35.4 Å². The molecule has 8 N–H and O–H groups in total. The molecule has 0 bridgehead atoms. The standard InChI is InChI=1S/C18H22N6O7S/c19-10(16(27)28)6-8(17(29)31-24-14(25)11-2-1-5-30-11)3-4-9-7-21-13-12(32-9)15(26)23-18(20)22-13/h1-2,5,8-10H,3-4,6-7,19H2,(H,24,25)(H,27,28)(H4,20,21,22,23,26)/t8?,9?,10-/m0/s1. The molecule has 0 saturated heterocycles. The van der Waals surface area contributed by atoms with Gasteiger partial charge in [0.15, 0.2) is 5.76 Å². The first-order valence-corrected chi connectivity index (χ1v) is 10.5. The number of nitrogens with two attached hydrogens (primary N) is 2. The highest BCUT2D eigenvalue weighted by molar-refractivity contribution is 8.00. The van der Waals surface area contributed by atoms with E-state index in [1.807, 2.05) is 5.48 Å². The first-order chi connectivity index (χ1) is 15.2. The Hall–Kier alpha value is -3.52. The van der Waals surface area contributed by atoms with E-state index in [9.17, 15) is 19.2 Å². The quantitative estimate of drug-likeness (QED) is 0.282. The molecule has 172 valence electrons. The highest BCUT2D eigenvalue weighted by Gasteiger charge is 2.30. The van der Waals surface area contributed by atoms with E-state index >= 15 is 0 Å². The van der Waals surface area contributed by atoms with Crippen LogP contribution in [0.3, 0.4) is 0 Å². The Morgan fingerprint density at radius 3 is 2.91 bits per heavy atom. The minimum atomic E-state index is -1.29. The van der Waals surface area contributed by atoms with Gasteiger partial charge in [-0.1, -0.05) is 0 Å². The highest BCUT2D eigenvalue weighted by Crippen LogP contribution is 2.34. The Balaban J connectivity index is 1.61. The number of nitrogen functional groups attached to an aromatic ring is 1. The highest BCUT2D eigenvalue weighted by atomic mass is 32.2. The molecule has 1 aliphatic rings. The third-order valence-electron chi connectivity index (χ3n) is 4.69. The zero-order valence-electron chi connectivity index (χ0n) is 16.7. The van der Waals surface area contributed by atoms with Crippen molar-refractivity contribution < 1.29 is 28.7 Å². The fourth-order valence-electron chi connectivity index (χ4n) is 3.05. The van der Waals surface area contributed by atoms with Crippen LogP contribution in [0.15, 0.2) is 32.5 Å². The zero-order valence-corrected chi connectivity index (χ0v) is 17.5. The van der Waals surface area contributed by atoms with Crippen molar-refractivity contribution in [1.29, 1.82) is 0 Å². The van der Waals surface area contributed by atoms with E-state index in [2.05, 4.69) is 15.3 Å². The SMILES string of the molecule is Nc1nc2c(c(=O)[nH]1)SC(CCC(C[C@H](N)C(=O)O)C(=O)ONC(=O)c1ccco1)CN2. The molecular weight excluding hydrogens is 444 g/mol. The van der Waals surface area contributed by atoms with Crippen LogP contribution in [0.25, 0.3) is 0 Å². The Labute approximate surface area is 185 Å². The topological polar surface area (TPSA) is 216 Å². The van der Waals surface area contributed by atoms with Crippen LogP contribution in [0.4, 0.5) is 11.8 Å². The number of H-pyrrole nitrogens is 1.